The molecular weight excluding hydrogens is 304 g/mol. The number of carbonyl (C=O) groups excluding carboxylic acids is 2. The fourth-order valence-corrected chi connectivity index (χ4v) is 2.47. The third-order valence-corrected chi connectivity index (χ3v) is 3.96. The van der Waals surface area contributed by atoms with Gasteiger partial charge in [0.15, 0.2) is 0 Å². The number of ether oxygens (including phenoxy) is 1. The van der Waals surface area contributed by atoms with E-state index in [-0.39, 0.29) is 12.3 Å². The molecule has 0 aliphatic carbocycles. The lowest BCUT2D eigenvalue weighted by molar-refractivity contribution is -0.121. The SMILES string of the molecule is CCCCCCNC(=O)C/C(C=O)=C(\C)c1ccc(N)cc1OC. The van der Waals surface area contributed by atoms with Crippen LogP contribution >= 0.6 is 0 Å². The van der Waals surface area contributed by atoms with Crippen LogP contribution in [0.1, 0.15) is 51.5 Å². The Hall–Kier alpha value is -2.30. The average molecular weight is 332 g/mol. The van der Waals surface area contributed by atoms with E-state index in [0.717, 1.165) is 36.7 Å². The Labute approximate surface area is 144 Å². The van der Waals surface area contributed by atoms with Crippen molar-refractivity contribution in [2.45, 2.75) is 46.0 Å². The zero-order valence-corrected chi connectivity index (χ0v) is 14.9. The highest BCUT2D eigenvalue weighted by Gasteiger charge is 2.13. The van der Waals surface area contributed by atoms with E-state index in [4.69, 9.17) is 10.5 Å². The number of amides is 1. The van der Waals surface area contributed by atoms with Crippen LogP contribution in [0.4, 0.5) is 5.69 Å². The first-order valence-corrected chi connectivity index (χ1v) is 8.39. The van der Waals surface area contributed by atoms with Gasteiger partial charge in [0.1, 0.15) is 12.0 Å². The second-order valence-electron chi connectivity index (χ2n) is 5.82. The van der Waals surface area contributed by atoms with E-state index >= 15 is 0 Å². The highest BCUT2D eigenvalue weighted by atomic mass is 16.5. The van der Waals surface area contributed by atoms with Gasteiger partial charge in [0.05, 0.1) is 13.5 Å². The molecule has 0 bridgehead atoms. The number of nitrogens with two attached hydrogens (primary N) is 1. The van der Waals surface area contributed by atoms with Crippen molar-refractivity contribution in [2.24, 2.45) is 0 Å². The van der Waals surface area contributed by atoms with E-state index in [1.165, 1.54) is 6.42 Å². The minimum atomic E-state index is -0.137. The standard InChI is InChI=1S/C19H28N2O3/c1-4-5-6-7-10-21-19(23)11-15(13-22)14(2)17-9-8-16(20)12-18(17)24-3/h8-9,12-13H,4-7,10-11,20H2,1-3H3,(H,21,23)/b15-14-. The number of aldehydes is 1. The molecule has 5 nitrogen and oxygen atoms in total. The molecule has 5 heteroatoms. The predicted molar refractivity (Wildman–Crippen MR) is 97.8 cm³/mol. The van der Waals surface area contributed by atoms with E-state index in [0.29, 0.717) is 23.6 Å². The van der Waals surface area contributed by atoms with Crippen molar-refractivity contribution in [3.05, 3.63) is 29.3 Å². The fraction of sp³-hybridized carbons (Fsp3) is 0.474. The molecule has 1 aromatic carbocycles. The van der Waals surface area contributed by atoms with Gasteiger partial charge in [-0.3, -0.25) is 9.59 Å². The highest BCUT2D eigenvalue weighted by Crippen LogP contribution is 2.30. The monoisotopic (exact) mass is 332 g/mol. The van der Waals surface area contributed by atoms with Crippen LogP contribution in [0, 0.1) is 0 Å². The Morgan fingerprint density at radius 3 is 2.67 bits per heavy atom. The van der Waals surface area contributed by atoms with Gasteiger partial charge in [-0.1, -0.05) is 26.2 Å². The number of allylic oxidation sites excluding steroid dienone is 1. The van der Waals surface area contributed by atoms with Gasteiger partial charge in [0.25, 0.3) is 0 Å². The van der Waals surface area contributed by atoms with E-state index < -0.39 is 0 Å². The molecule has 0 aliphatic rings. The molecule has 132 valence electrons. The smallest absolute Gasteiger partial charge is 0.224 e. The topological polar surface area (TPSA) is 81.4 Å². The number of benzene rings is 1. The van der Waals surface area contributed by atoms with Gasteiger partial charge >= 0.3 is 0 Å². The number of hydrogen-bond acceptors (Lipinski definition) is 4. The first-order chi connectivity index (χ1) is 11.5. The number of hydrogen-bond donors (Lipinski definition) is 2. The van der Waals surface area contributed by atoms with Crippen LogP contribution in [0.25, 0.3) is 5.57 Å². The van der Waals surface area contributed by atoms with Gasteiger partial charge in [-0.2, -0.15) is 0 Å². The summed E-state index contributed by atoms with van der Waals surface area (Å²) in [5.74, 6) is 0.453. The summed E-state index contributed by atoms with van der Waals surface area (Å²) in [5, 5.41) is 2.87. The van der Waals surface area contributed by atoms with Crippen molar-refractivity contribution in [3.63, 3.8) is 0 Å². The maximum atomic E-state index is 12.0. The summed E-state index contributed by atoms with van der Waals surface area (Å²) in [6.45, 7) is 4.61. The Morgan fingerprint density at radius 2 is 2.04 bits per heavy atom. The van der Waals surface area contributed by atoms with E-state index in [9.17, 15) is 9.59 Å². The van der Waals surface area contributed by atoms with Crippen LogP contribution in [0.5, 0.6) is 5.75 Å². The molecular formula is C19H28N2O3. The van der Waals surface area contributed by atoms with E-state index in [1.54, 1.807) is 25.3 Å². The molecule has 0 unspecified atom stereocenters. The van der Waals surface area contributed by atoms with Gasteiger partial charge in [-0.05, 0) is 31.1 Å². The molecule has 24 heavy (non-hydrogen) atoms. The number of methoxy groups -OCH3 is 1. The molecule has 0 heterocycles. The van der Waals surface area contributed by atoms with Crippen molar-refractivity contribution in [3.8, 4) is 5.75 Å². The van der Waals surface area contributed by atoms with Crippen molar-refractivity contribution < 1.29 is 14.3 Å². The summed E-state index contributed by atoms with van der Waals surface area (Å²) in [4.78, 5) is 23.5. The summed E-state index contributed by atoms with van der Waals surface area (Å²) < 4.78 is 5.32. The van der Waals surface area contributed by atoms with Gasteiger partial charge in [-0.25, -0.2) is 0 Å². The minimum Gasteiger partial charge on any atom is -0.496 e. The number of rotatable bonds is 10. The maximum Gasteiger partial charge on any atom is 0.224 e. The third kappa shape index (κ3) is 6.07. The van der Waals surface area contributed by atoms with Gasteiger partial charge < -0.3 is 15.8 Å². The third-order valence-electron chi connectivity index (χ3n) is 3.96. The van der Waals surface area contributed by atoms with Crippen molar-refractivity contribution >= 4 is 23.5 Å². The maximum absolute atomic E-state index is 12.0. The number of nitrogen functional groups attached to an aromatic ring is 1. The molecule has 1 amide bonds. The molecule has 0 aromatic heterocycles. The minimum absolute atomic E-state index is 0.0661. The van der Waals surface area contributed by atoms with Crippen LogP contribution < -0.4 is 15.8 Å². The first kappa shape index (κ1) is 19.7. The zero-order valence-electron chi connectivity index (χ0n) is 14.9. The van der Waals surface area contributed by atoms with Crippen molar-refractivity contribution in [1.82, 2.24) is 5.32 Å². The quantitative estimate of drug-likeness (QED) is 0.298. The van der Waals surface area contributed by atoms with Crippen molar-refractivity contribution in [2.75, 3.05) is 19.4 Å². The van der Waals surface area contributed by atoms with Crippen LogP contribution in [-0.4, -0.2) is 25.8 Å². The molecule has 0 atom stereocenters. The highest BCUT2D eigenvalue weighted by molar-refractivity contribution is 5.95. The first-order valence-electron chi connectivity index (χ1n) is 8.39. The second-order valence-corrected chi connectivity index (χ2v) is 5.82. The Morgan fingerprint density at radius 1 is 1.29 bits per heavy atom. The van der Waals surface area contributed by atoms with Crippen LogP contribution in [0.3, 0.4) is 0 Å². The molecule has 0 saturated heterocycles. The summed E-state index contributed by atoms with van der Waals surface area (Å²) in [6.07, 6.45) is 5.21. The molecule has 0 aliphatic heterocycles. The fourth-order valence-electron chi connectivity index (χ4n) is 2.47. The lowest BCUT2D eigenvalue weighted by Crippen LogP contribution is -2.25. The van der Waals surface area contributed by atoms with E-state index in [1.807, 2.05) is 6.92 Å². The van der Waals surface area contributed by atoms with Gasteiger partial charge in [0, 0.05) is 29.4 Å². The summed E-state index contributed by atoms with van der Waals surface area (Å²) in [7, 11) is 1.55. The molecule has 0 saturated carbocycles. The molecule has 0 fully saturated rings. The zero-order chi connectivity index (χ0) is 17.9. The molecule has 1 aromatic rings. The van der Waals surface area contributed by atoms with E-state index in [2.05, 4.69) is 12.2 Å². The van der Waals surface area contributed by atoms with Crippen LogP contribution in [0.15, 0.2) is 23.8 Å². The lowest BCUT2D eigenvalue weighted by atomic mass is 9.98. The van der Waals surface area contributed by atoms with Gasteiger partial charge in [0.2, 0.25) is 5.91 Å². The summed E-state index contributed by atoms with van der Waals surface area (Å²) >= 11 is 0. The molecule has 3 N–H and O–H groups in total. The largest absolute Gasteiger partial charge is 0.496 e. The van der Waals surface area contributed by atoms with Gasteiger partial charge in [-0.15, -0.1) is 0 Å². The molecule has 1 rings (SSSR count). The average Bonchev–Trinajstić information content (AvgIpc) is 2.58. The second kappa shape index (κ2) is 10.5. The molecule has 0 spiro atoms. The predicted octanol–water partition coefficient (Wildman–Crippen LogP) is 3.34. The van der Waals surface area contributed by atoms with Crippen molar-refractivity contribution in [1.29, 1.82) is 0 Å². The normalized spacial score (nSPS) is 11.6. The number of anilines is 1. The van der Waals surface area contributed by atoms with Crippen LogP contribution in [-0.2, 0) is 9.59 Å². The van der Waals surface area contributed by atoms with Crippen LogP contribution in [0.2, 0.25) is 0 Å². The lowest BCUT2D eigenvalue weighted by Gasteiger charge is -2.12. The molecule has 0 radical (unpaired) electrons. The number of unbranched alkanes of at least 4 members (excludes halogenated alkanes) is 3. The summed E-state index contributed by atoms with van der Waals surface area (Å²) in [5.41, 5.74) is 8.28. The number of nitrogens with one attached hydrogen (secondary N) is 1. The summed E-state index contributed by atoms with van der Waals surface area (Å²) in [6, 6.07) is 5.25. The Kier molecular flexibility index (Phi) is 8.61. The Bertz CT molecular complexity index is 594. The Balaban J connectivity index is 2.78. The number of carbonyl (C=O) groups is 2.